The average Bonchev–Trinajstić information content (AvgIpc) is 2.05. The molecule has 0 atom stereocenters. The van der Waals surface area contributed by atoms with Gasteiger partial charge in [-0.15, -0.1) is 0 Å². The zero-order valence-electron chi connectivity index (χ0n) is 5.88. The van der Waals surface area contributed by atoms with E-state index in [1.807, 2.05) is 0 Å². The normalized spacial score (nSPS) is 23.2. The lowest BCUT2D eigenvalue weighted by molar-refractivity contribution is 0.763. The molecule has 0 fully saturated rings. The minimum Gasteiger partial charge on any atom is -0.233 e. The third-order valence-corrected chi connectivity index (χ3v) is 1.93. The van der Waals surface area contributed by atoms with Crippen molar-refractivity contribution in [2.24, 2.45) is 0 Å². The van der Waals surface area contributed by atoms with E-state index in [1.165, 1.54) is 11.1 Å². The summed E-state index contributed by atoms with van der Waals surface area (Å²) in [5.41, 5.74) is 2.89. The number of fused-ring (bicyclic) bond motifs is 1. The van der Waals surface area contributed by atoms with Crippen LogP contribution >= 0.6 is 0 Å². The number of hydrogen-bond acceptors (Lipinski definition) is 0. The Hall–Kier alpha value is -0.820. The van der Waals surface area contributed by atoms with Crippen molar-refractivity contribution in [3.63, 3.8) is 0 Å². The molecule has 1 nitrogen and oxygen atoms in total. The standard InChI is InChI=1S/C9H10N/c1-2-4-9-7-10-6-5-8(9)3-1/h1-2,4-5H,3,6-7H2. The zero-order valence-corrected chi connectivity index (χ0v) is 5.88. The maximum Gasteiger partial charge on any atom is 0.0390 e. The van der Waals surface area contributed by atoms with Crippen molar-refractivity contribution in [2.45, 2.75) is 6.42 Å². The maximum atomic E-state index is 4.28. The second kappa shape index (κ2) is 2.43. The summed E-state index contributed by atoms with van der Waals surface area (Å²) in [6.45, 7) is 1.84. The van der Waals surface area contributed by atoms with Crippen molar-refractivity contribution in [3.05, 3.63) is 35.5 Å². The van der Waals surface area contributed by atoms with Crippen molar-refractivity contribution in [1.29, 1.82) is 0 Å². The van der Waals surface area contributed by atoms with E-state index in [1.54, 1.807) is 0 Å². The Morgan fingerprint density at radius 3 is 3.20 bits per heavy atom. The summed E-state index contributed by atoms with van der Waals surface area (Å²) >= 11 is 0. The Kier molecular flexibility index (Phi) is 1.44. The van der Waals surface area contributed by atoms with E-state index in [-0.39, 0.29) is 0 Å². The number of nitrogens with zero attached hydrogens (tertiary/aromatic N) is 1. The molecule has 51 valence electrons. The molecular weight excluding hydrogens is 122 g/mol. The summed E-state index contributed by atoms with van der Waals surface area (Å²) in [5.74, 6) is 0. The van der Waals surface area contributed by atoms with Crippen LogP contribution in [0.4, 0.5) is 0 Å². The quantitative estimate of drug-likeness (QED) is 0.473. The molecule has 10 heavy (non-hydrogen) atoms. The summed E-state index contributed by atoms with van der Waals surface area (Å²) in [6, 6.07) is 0. The fourth-order valence-electron chi connectivity index (χ4n) is 1.35. The molecule has 1 heterocycles. The van der Waals surface area contributed by atoms with E-state index in [9.17, 15) is 0 Å². The molecule has 2 aliphatic rings. The summed E-state index contributed by atoms with van der Waals surface area (Å²) in [4.78, 5) is 0. The van der Waals surface area contributed by atoms with Gasteiger partial charge in [-0.05, 0) is 17.6 Å². The van der Waals surface area contributed by atoms with Gasteiger partial charge in [-0.1, -0.05) is 24.3 Å². The molecule has 0 aromatic carbocycles. The number of allylic oxidation sites excluding steroid dienone is 3. The SMILES string of the molecule is C1=CCC2=CC[N]CC2=C1. The van der Waals surface area contributed by atoms with Gasteiger partial charge in [0.15, 0.2) is 0 Å². The molecule has 2 rings (SSSR count). The highest BCUT2D eigenvalue weighted by Gasteiger charge is 2.09. The Labute approximate surface area is 61.1 Å². The third kappa shape index (κ3) is 0.929. The number of rotatable bonds is 0. The van der Waals surface area contributed by atoms with E-state index in [2.05, 4.69) is 29.6 Å². The average molecular weight is 132 g/mol. The molecule has 0 saturated heterocycles. The van der Waals surface area contributed by atoms with Gasteiger partial charge in [0.05, 0.1) is 0 Å². The van der Waals surface area contributed by atoms with E-state index in [0.29, 0.717) is 0 Å². The molecule has 1 radical (unpaired) electrons. The van der Waals surface area contributed by atoms with Crippen molar-refractivity contribution >= 4 is 0 Å². The molecule has 0 N–H and O–H groups in total. The molecule has 0 saturated carbocycles. The predicted molar refractivity (Wildman–Crippen MR) is 41.8 cm³/mol. The first kappa shape index (κ1) is 5.93. The van der Waals surface area contributed by atoms with Gasteiger partial charge in [0.25, 0.3) is 0 Å². The van der Waals surface area contributed by atoms with E-state index >= 15 is 0 Å². The van der Waals surface area contributed by atoms with Crippen molar-refractivity contribution in [1.82, 2.24) is 5.32 Å². The van der Waals surface area contributed by atoms with Crippen LogP contribution in [0.15, 0.2) is 35.5 Å². The largest absolute Gasteiger partial charge is 0.233 e. The van der Waals surface area contributed by atoms with Gasteiger partial charge in [0.1, 0.15) is 0 Å². The fraction of sp³-hybridized carbons (Fsp3) is 0.333. The van der Waals surface area contributed by atoms with Crippen LogP contribution < -0.4 is 5.32 Å². The Balaban J connectivity index is 2.32. The van der Waals surface area contributed by atoms with Crippen LogP contribution in [0.2, 0.25) is 0 Å². The Morgan fingerprint density at radius 1 is 1.30 bits per heavy atom. The third-order valence-electron chi connectivity index (χ3n) is 1.93. The minimum atomic E-state index is 0.917. The van der Waals surface area contributed by atoms with Crippen LogP contribution in [0.25, 0.3) is 0 Å². The molecule has 1 aliphatic heterocycles. The zero-order chi connectivity index (χ0) is 6.81. The van der Waals surface area contributed by atoms with Crippen LogP contribution in [0.5, 0.6) is 0 Å². The van der Waals surface area contributed by atoms with Crippen LogP contribution in [0, 0.1) is 0 Å². The maximum absolute atomic E-state index is 4.28. The molecule has 1 aliphatic carbocycles. The highest BCUT2D eigenvalue weighted by atomic mass is 14.9. The fourth-order valence-corrected chi connectivity index (χ4v) is 1.35. The topological polar surface area (TPSA) is 14.1 Å². The van der Waals surface area contributed by atoms with Crippen LogP contribution in [0.3, 0.4) is 0 Å². The lowest BCUT2D eigenvalue weighted by Gasteiger charge is -2.17. The van der Waals surface area contributed by atoms with Crippen molar-refractivity contribution < 1.29 is 0 Å². The van der Waals surface area contributed by atoms with Gasteiger partial charge in [-0.3, -0.25) is 0 Å². The monoisotopic (exact) mass is 132 g/mol. The Bertz CT molecular complexity index is 221. The van der Waals surface area contributed by atoms with Gasteiger partial charge >= 0.3 is 0 Å². The summed E-state index contributed by atoms with van der Waals surface area (Å²) in [5, 5.41) is 4.28. The molecule has 0 bridgehead atoms. The minimum absolute atomic E-state index is 0.917. The predicted octanol–water partition coefficient (Wildman–Crippen LogP) is 1.42. The van der Waals surface area contributed by atoms with Crippen molar-refractivity contribution in [3.8, 4) is 0 Å². The lowest BCUT2D eigenvalue weighted by atomic mass is 9.96. The summed E-state index contributed by atoms with van der Waals surface area (Å²) in [7, 11) is 0. The Morgan fingerprint density at radius 2 is 2.30 bits per heavy atom. The second-order valence-corrected chi connectivity index (χ2v) is 2.62. The first-order valence-corrected chi connectivity index (χ1v) is 3.65. The second-order valence-electron chi connectivity index (χ2n) is 2.62. The molecular formula is C9H10N. The molecule has 0 amide bonds. The first-order valence-electron chi connectivity index (χ1n) is 3.65. The van der Waals surface area contributed by atoms with Gasteiger partial charge < -0.3 is 0 Å². The summed E-state index contributed by atoms with van der Waals surface area (Å²) < 4.78 is 0. The first-order chi connectivity index (χ1) is 4.97. The highest BCUT2D eigenvalue weighted by Crippen LogP contribution is 2.20. The summed E-state index contributed by atoms with van der Waals surface area (Å²) in [6.07, 6.45) is 9.81. The van der Waals surface area contributed by atoms with Gasteiger partial charge in [0.2, 0.25) is 0 Å². The molecule has 0 aromatic rings. The van der Waals surface area contributed by atoms with E-state index in [4.69, 9.17) is 0 Å². The van der Waals surface area contributed by atoms with E-state index < -0.39 is 0 Å². The molecule has 0 spiro atoms. The molecule has 1 heteroatoms. The van der Waals surface area contributed by atoms with E-state index in [0.717, 1.165) is 19.5 Å². The number of hydrogen-bond donors (Lipinski definition) is 0. The van der Waals surface area contributed by atoms with Gasteiger partial charge in [-0.25, -0.2) is 5.32 Å². The van der Waals surface area contributed by atoms with Crippen LogP contribution in [-0.4, -0.2) is 13.1 Å². The van der Waals surface area contributed by atoms with Crippen molar-refractivity contribution in [2.75, 3.05) is 13.1 Å². The lowest BCUT2D eigenvalue weighted by Crippen LogP contribution is -2.17. The molecule has 0 unspecified atom stereocenters. The van der Waals surface area contributed by atoms with Crippen LogP contribution in [-0.2, 0) is 0 Å². The smallest absolute Gasteiger partial charge is 0.0390 e. The molecule has 0 aromatic heterocycles. The van der Waals surface area contributed by atoms with Crippen LogP contribution in [0.1, 0.15) is 6.42 Å². The van der Waals surface area contributed by atoms with Gasteiger partial charge in [-0.2, -0.15) is 0 Å². The highest BCUT2D eigenvalue weighted by molar-refractivity contribution is 5.41. The van der Waals surface area contributed by atoms with Gasteiger partial charge in [0, 0.05) is 13.1 Å².